The summed E-state index contributed by atoms with van der Waals surface area (Å²) in [6.45, 7) is 12.3. The molecule has 1 unspecified atom stereocenters. The molecule has 0 radical (unpaired) electrons. The van der Waals surface area contributed by atoms with Crippen molar-refractivity contribution >= 4 is 41.7 Å². The van der Waals surface area contributed by atoms with Crippen molar-refractivity contribution in [1.29, 1.82) is 0 Å². The number of aliphatic imine (C=N–C) groups is 1. The van der Waals surface area contributed by atoms with E-state index >= 15 is 0 Å². The van der Waals surface area contributed by atoms with Gasteiger partial charge in [-0.3, -0.25) is 0 Å². The van der Waals surface area contributed by atoms with Crippen LogP contribution in [0.3, 0.4) is 0 Å². The molecule has 1 aromatic rings. The number of hydrogen-bond donors (Lipinski definition) is 2. The Hall–Kier alpha value is -0.440. The zero-order chi connectivity index (χ0) is 16.7. The molecule has 2 N–H and O–H groups in total. The standard InChI is InChI=1S/C17H31N5S.HI/c1-5-18-16(21-13-17(4)7-6-10-23-17)20-11-15-19-8-9-22(15)12-14(2)3;/h8-9,14H,5-7,10-13H2,1-4H3,(H2,18,20,21);1H. The first kappa shape index (κ1) is 21.6. The van der Waals surface area contributed by atoms with Crippen LogP contribution in [0.25, 0.3) is 0 Å². The SMILES string of the molecule is CCNC(=NCc1nccn1CC(C)C)NCC1(C)CCCS1.I. The van der Waals surface area contributed by atoms with E-state index in [1.165, 1.54) is 18.6 Å². The van der Waals surface area contributed by atoms with E-state index in [0.29, 0.717) is 17.2 Å². The second-order valence-corrected chi connectivity index (χ2v) is 8.52. The Labute approximate surface area is 167 Å². The zero-order valence-corrected chi connectivity index (χ0v) is 18.5. The molecule has 0 amide bonds. The van der Waals surface area contributed by atoms with Crippen LogP contribution in [0.2, 0.25) is 0 Å². The molecule has 0 bridgehead atoms. The van der Waals surface area contributed by atoms with Gasteiger partial charge in [-0.1, -0.05) is 13.8 Å². The molecule has 0 saturated carbocycles. The molecule has 1 atom stereocenters. The molecular weight excluding hydrogens is 433 g/mol. The summed E-state index contributed by atoms with van der Waals surface area (Å²) in [7, 11) is 0. The summed E-state index contributed by atoms with van der Waals surface area (Å²) in [6.07, 6.45) is 6.51. The first-order valence-corrected chi connectivity index (χ1v) is 9.67. The summed E-state index contributed by atoms with van der Waals surface area (Å²) in [6, 6.07) is 0. The van der Waals surface area contributed by atoms with Crippen LogP contribution in [0.1, 0.15) is 46.4 Å². The molecule has 138 valence electrons. The Kier molecular flexibility index (Phi) is 9.48. The van der Waals surface area contributed by atoms with E-state index in [1.807, 2.05) is 12.4 Å². The molecular formula is C17H32IN5S. The number of aromatic nitrogens is 2. The van der Waals surface area contributed by atoms with Crippen LogP contribution in [0.5, 0.6) is 0 Å². The van der Waals surface area contributed by atoms with Gasteiger partial charge in [0.1, 0.15) is 12.4 Å². The van der Waals surface area contributed by atoms with Gasteiger partial charge in [-0.15, -0.1) is 24.0 Å². The fourth-order valence-electron chi connectivity index (χ4n) is 2.79. The second-order valence-electron chi connectivity index (χ2n) is 6.84. The van der Waals surface area contributed by atoms with E-state index in [9.17, 15) is 0 Å². The lowest BCUT2D eigenvalue weighted by atomic mass is 10.1. The second kappa shape index (κ2) is 10.5. The fraction of sp³-hybridized carbons (Fsp3) is 0.765. The van der Waals surface area contributed by atoms with Crippen molar-refractivity contribution in [1.82, 2.24) is 20.2 Å². The summed E-state index contributed by atoms with van der Waals surface area (Å²) < 4.78 is 2.54. The number of nitrogens with zero attached hydrogens (tertiary/aromatic N) is 3. The lowest BCUT2D eigenvalue weighted by Crippen LogP contribution is -2.43. The molecule has 1 saturated heterocycles. The van der Waals surface area contributed by atoms with Crippen LogP contribution in [-0.4, -0.2) is 39.1 Å². The molecule has 1 aliphatic heterocycles. The average molecular weight is 465 g/mol. The maximum absolute atomic E-state index is 4.72. The van der Waals surface area contributed by atoms with E-state index in [4.69, 9.17) is 4.99 Å². The predicted octanol–water partition coefficient (Wildman–Crippen LogP) is 3.50. The van der Waals surface area contributed by atoms with E-state index in [0.717, 1.165) is 31.4 Å². The van der Waals surface area contributed by atoms with Gasteiger partial charge in [-0.05, 0) is 38.4 Å². The normalized spacial score (nSPS) is 21.0. The van der Waals surface area contributed by atoms with Crippen molar-refractivity contribution in [2.45, 2.75) is 58.4 Å². The highest BCUT2D eigenvalue weighted by molar-refractivity contribution is 14.0. The number of hydrogen-bond acceptors (Lipinski definition) is 3. The van der Waals surface area contributed by atoms with Gasteiger partial charge in [0.25, 0.3) is 0 Å². The maximum Gasteiger partial charge on any atom is 0.191 e. The van der Waals surface area contributed by atoms with E-state index < -0.39 is 0 Å². The Morgan fingerprint density at radius 3 is 2.88 bits per heavy atom. The fourth-order valence-corrected chi connectivity index (χ4v) is 4.03. The van der Waals surface area contributed by atoms with Crippen LogP contribution in [0.15, 0.2) is 17.4 Å². The average Bonchev–Trinajstić information content (AvgIpc) is 3.11. The van der Waals surface area contributed by atoms with Gasteiger partial charge in [0.2, 0.25) is 0 Å². The molecule has 0 aliphatic carbocycles. The zero-order valence-electron chi connectivity index (χ0n) is 15.3. The minimum absolute atomic E-state index is 0. The summed E-state index contributed by atoms with van der Waals surface area (Å²) in [5.41, 5.74) is 0. The Morgan fingerprint density at radius 2 is 2.25 bits per heavy atom. The summed E-state index contributed by atoms with van der Waals surface area (Å²) in [5, 5.41) is 6.85. The van der Waals surface area contributed by atoms with E-state index in [-0.39, 0.29) is 24.0 Å². The number of rotatable bonds is 7. The third-order valence-electron chi connectivity index (χ3n) is 4.02. The number of nitrogens with one attached hydrogen (secondary N) is 2. The van der Waals surface area contributed by atoms with E-state index in [2.05, 4.69) is 59.6 Å². The van der Waals surface area contributed by atoms with Gasteiger partial charge in [0.05, 0.1) is 0 Å². The van der Waals surface area contributed by atoms with Crippen LogP contribution in [0, 0.1) is 5.92 Å². The van der Waals surface area contributed by atoms with Gasteiger partial charge < -0.3 is 15.2 Å². The lowest BCUT2D eigenvalue weighted by Gasteiger charge is -2.24. The molecule has 1 aromatic heterocycles. The van der Waals surface area contributed by atoms with Gasteiger partial charge in [0.15, 0.2) is 5.96 Å². The quantitative estimate of drug-likeness (QED) is 0.368. The molecule has 5 nitrogen and oxygen atoms in total. The Morgan fingerprint density at radius 1 is 1.46 bits per heavy atom. The lowest BCUT2D eigenvalue weighted by molar-refractivity contribution is 0.507. The monoisotopic (exact) mass is 465 g/mol. The highest BCUT2D eigenvalue weighted by Gasteiger charge is 2.29. The molecule has 2 heterocycles. The van der Waals surface area contributed by atoms with Crippen molar-refractivity contribution in [2.75, 3.05) is 18.8 Å². The largest absolute Gasteiger partial charge is 0.357 e. The summed E-state index contributed by atoms with van der Waals surface area (Å²) in [5.74, 6) is 3.80. The third kappa shape index (κ3) is 6.82. The van der Waals surface area contributed by atoms with E-state index in [1.54, 1.807) is 0 Å². The smallest absolute Gasteiger partial charge is 0.191 e. The topological polar surface area (TPSA) is 54.2 Å². The van der Waals surface area contributed by atoms with Gasteiger partial charge >= 0.3 is 0 Å². The number of imidazole rings is 1. The van der Waals surface area contributed by atoms with Crippen molar-refractivity contribution in [3.63, 3.8) is 0 Å². The molecule has 7 heteroatoms. The van der Waals surface area contributed by atoms with Crippen molar-refractivity contribution in [2.24, 2.45) is 10.9 Å². The van der Waals surface area contributed by atoms with Crippen molar-refractivity contribution in [3.8, 4) is 0 Å². The molecule has 2 rings (SSSR count). The van der Waals surface area contributed by atoms with Crippen LogP contribution < -0.4 is 10.6 Å². The molecule has 1 fully saturated rings. The summed E-state index contributed by atoms with van der Waals surface area (Å²) >= 11 is 2.07. The molecule has 0 aromatic carbocycles. The summed E-state index contributed by atoms with van der Waals surface area (Å²) in [4.78, 5) is 9.17. The Balaban J connectivity index is 0.00000288. The van der Waals surface area contributed by atoms with Crippen molar-refractivity contribution < 1.29 is 0 Å². The highest BCUT2D eigenvalue weighted by Crippen LogP contribution is 2.36. The van der Waals surface area contributed by atoms with Gasteiger partial charge in [0, 0.05) is 36.8 Å². The number of thioether (sulfide) groups is 1. The number of halogens is 1. The minimum Gasteiger partial charge on any atom is -0.357 e. The highest BCUT2D eigenvalue weighted by atomic mass is 127. The Bertz CT molecular complexity index is 509. The van der Waals surface area contributed by atoms with Gasteiger partial charge in [-0.2, -0.15) is 11.8 Å². The van der Waals surface area contributed by atoms with Crippen LogP contribution in [0.4, 0.5) is 0 Å². The first-order valence-electron chi connectivity index (χ1n) is 8.68. The minimum atomic E-state index is 0. The molecule has 0 spiro atoms. The molecule has 24 heavy (non-hydrogen) atoms. The first-order chi connectivity index (χ1) is 11.0. The third-order valence-corrected chi connectivity index (χ3v) is 5.55. The van der Waals surface area contributed by atoms with Crippen LogP contribution in [-0.2, 0) is 13.1 Å². The maximum atomic E-state index is 4.72. The van der Waals surface area contributed by atoms with Gasteiger partial charge in [-0.25, -0.2) is 9.98 Å². The predicted molar refractivity (Wildman–Crippen MR) is 115 cm³/mol. The van der Waals surface area contributed by atoms with Crippen LogP contribution >= 0.6 is 35.7 Å². The molecule has 1 aliphatic rings. The number of guanidine groups is 1. The van der Waals surface area contributed by atoms with Crippen molar-refractivity contribution in [3.05, 3.63) is 18.2 Å².